The Balaban J connectivity index is 1.34. The number of aryl methyl sites for hydroxylation is 2. The van der Waals surface area contributed by atoms with Gasteiger partial charge in [-0.25, -0.2) is 9.78 Å². The molecule has 4 aromatic rings. The van der Waals surface area contributed by atoms with Gasteiger partial charge in [0.15, 0.2) is 17.0 Å². The van der Waals surface area contributed by atoms with E-state index in [1.165, 1.54) is 14.8 Å². The summed E-state index contributed by atoms with van der Waals surface area (Å²) in [6.45, 7) is 8.37. The molecule has 1 fully saturated rings. The molecule has 9 nitrogen and oxygen atoms in total. The fraction of sp³-hybridized carbons (Fsp3) is 0.321. The lowest BCUT2D eigenvalue weighted by Crippen LogP contribution is -2.43. The number of imidazole rings is 1. The summed E-state index contributed by atoms with van der Waals surface area (Å²) >= 11 is 0. The van der Waals surface area contributed by atoms with Crippen LogP contribution in [0.4, 0.5) is 5.69 Å². The summed E-state index contributed by atoms with van der Waals surface area (Å²) in [6, 6.07) is 15.7. The first-order chi connectivity index (χ1) is 18.0. The molecule has 9 heteroatoms. The van der Waals surface area contributed by atoms with Crippen molar-refractivity contribution >= 4 is 16.9 Å². The molecule has 0 spiro atoms. The van der Waals surface area contributed by atoms with Crippen molar-refractivity contribution in [3.8, 4) is 23.3 Å². The number of rotatable bonds is 5. The smallest absolute Gasteiger partial charge is 0.332 e. The van der Waals surface area contributed by atoms with Crippen LogP contribution in [-0.4, -0.2) is 44.9 Å². The first-order valence-electron chi connectivity index (χ1n) is 12.6. The highest BCUT2D eigenvalue weighted by atomic mass is 16.5. The number of ether oxygens (including phenoxy) is 1. The summed E-state index contributed by atoms with van der Waals surface area (Å²) in [5.74, 6) is 8.07. The van der Waals surface area contributed by atoms with E-state index in [-0.39, 0.29) is 11.2 Å². The molecule has 1 aliphatic heterocycles. The van der Waals surface area contributed by atoms with E-state index in [4.69, 9.17) is 4.74 Å². The highest BCUT2D eigenvalue weighted by Gasteiger charge is 2.18. The Labute approximate surface area is 214 Å². The Morgan fingerprint density at radius 2 is 1.51 bits per heavy atom. The standard InChI is InChI=1S/C28H30N6O3/c1-4-33-26-25(27(35)34(5-2)28(33)36)31(3)24(30-26)15-8-20-6-11-22(12-7-20)37-23-13-9-21(10-14-23)32-18-16-29-17-19-32/h6-7,9-14,29H,4-5,16-19H2,1-3H3. The van der Waals surface area contributed by atoms with Crippen LogP contribution in [-0.2, 0) is 20.1 Å². The topological polar surface area (TPSA) is 86.3 Å². The van der Waals surface area contributed by atoms with Crippen molar-refractivity contribution in [1.82, 2.24) is 24.0 Å². The van der Waals surface area contributed by atoms with Gasteiger partial charge in [-0.15, -0.1) is 0 Å². The zero-order chi connectivity index (χ0) is 25.9. The van der Waals surface area contributed by atoms with Crippen molar-refractivity contribution in [2.45, 2.75) is 26.9 Å². The molecular weight excluding hydrogens is 468 g/mol. The maximum absolute atomic E-state index is 12.9. The Morgan fingerprint density at radius 1 is 0.892 bits per heavy atom. The van der Waals surface area contributed by atoms with E-state index in [9.17, 15) is 9.59 Å². The SMILES string of the molecule is CCn1c(=O)c2c(nc(C#Cc3ccc(Oc4ccc(N5CCNCC5)cc4)cc3)n2C)n(CC)c1=O. The van der Waals surface area contributed by atoms with Crippen molar-refractivity contribution < 1.29 is 4.74 Å². The maximum Gasteiger partial charge on any atom is 0.332 e. The Bertz CT molecular complexity index is 1600. The van der Waals surface area contributed by atoms with Gasteiger partial charge in [-0.05, 0) is 68.3 Å². The molecule has 5 rings (SSSR count). The molecule has 2 aromatic carbocycles. The number of fused-ring (bicyclic) bond motifs is 1. The predicted molar refractivity (Wildman–Crippen MR) is 145 cm³/mol. The minimum atomic E-state index is -0.353. The third kappa shape index (κ3) is 4.76. The van der Waals surface area contributed by atoms with Crippen LogP contribution in [0.15, 0.2) is 58.1 Å². The van der Waals surface area contributed by atoms with Crippen LogP contribution in [0.3, 0.4) is 0 Å². The monoisotopic (exact) mass is 498 g/mol. The number of nitrogens with one attached hydrogen (secondary N) is 1. The van der Waals surface area contributed by atoms with Crippen molar-refractivity contribution in [1.29, 1.82) is 0 Å². The van der Waals surface area contributed by atoms with Crippen LogP contribution in [0.2, 0.25) is 0 Å². The molecule has 1 aliphatic rings. The average Bonchev–Trinajstić information content (AvgIpc) is 3.25. The molecule has 0 radical (unpaired) electrons. The van der Waals surface area contributed by atoms with Gasteiger partial charge in [-0.1, -0.05) is 5.92 Å². The average molecular weight is 499 g/mol. The largest absolute Gasteiger partial charge is 0.457 e. The van der Waals surface area contributed by atoms with E-state index >= 15 is 0 Å². The minimum absolute atomic E-state index is 0.300. The summed E-state index contributed by atoms with van der Waals surface area (Å²) in [5, 5.41) is 3.37. The van der Waals surface area contributed by atoms with Crippen molar-refractivity contribution in [3.63, 3.8) is 0 Å². The first-order valence-corrected chi connectivity index (χ1v) is 12.6. The normalized spacial score (nSPS) is 13.4. The molecular formula is C28H30N6O3. The lowest BCUT2D eigenvalue weighted by molar-refractivity contribution is 0.482. The number of aromatic nitrogens is 4. The molecule has 0 aliphatic carbocycles. The van der Waals surface area contributed by atoms with Crippen LogP contribution < -0.4 is 26.2 Å². The molecule has 0 unspecified atom stereocenters. The molecule has 1 N–H and O–H groups in total. The van der Waals surface area contributed by atoms with Crippen LogP contribution in [0.5, 0.6) is 11.5 Å². The second-order valence-corrected chi connectivity index (χ2v) is 8.85. The number of anilines is 1. The minimum Gasteiger partial charge on any atom is -0.457 e. The van der Waals surface area contributed by atoms with Crippen LogP contribution in [0.25, 0.3) is 11.2 Å². The van der Waals surface area contributed by atoms with Crippen LogP contribution in [0, 0.1) is 11.8 Å². The lowest BCUT2D eigenvalue weighted by Gasteiger charge is -2.29. The summed E-state index contributed by atoms with van der Waals surface area (Å²) < 4.78 is 10.4. The molecule has 2 aromatic heterocycles. The van der Waals surface area contributed by atoms with E-state index < -0.39 is 0 Å². The number of hydrogen-bond acceptors (Lipinski definition) is 6. The van der Waals surface area contributed by atoms with Gasteiger partial charge in [0.2, 0.25) is 0 Å². The van der Waals surface area contributed by atoms with E-state index in [0.717, 1.165) is 43.2 Å². The zero-order valence-electron chi connectivity index (χ0n) is 21.3. The molecule has 0 bridgehead atoms. The van der Waals surface area contributed by atoms with Crippen molar-refractivity contribution in [2.24, 2.45) is 7.05 Å². The fourth-order valence-electron chi connectivity index (χ4n) is 4.56. The highest BCUT2D eigenvalue weighted by molar-refractivity contribution is 5.72. The first kappa shape index (κ1) is 24.4. The Morgan fingerprint density at radius 3 is 2.14 bits per heavy atom. The van der Waals surface area contributed by atoms with E-state index in [2.05, 4.69) is 39.2 Å². The van der Waals surface area contributed by atoms with Crippen molar-refractivity contribution in [2.75, 3.05) is 31.1 Å². The van der Waals surface area contributed by atoms with Gasteiger partial charge in [-0.3, -0.25) is 13.9 Å². The molecule has 1 saturated heterocycles. The van der Waals surface area contributed by atoms with E-state index in [1.807, 2.05) is 43.3 Å². The maximum atomic E-state index is 12.9. The van der Waals surface area contributed by atoms with Gasteiger partial charge >= 0.3 is 5.69 Å². The number of benzene rings is 2. The van der Waals surface area contributed by atoms with Crippen LogP contribution >= 0.6 is 0 Å². The lowest BCUT2D eigenvalue weighted by atomic mass is 10.2. The van der Waals surface area contributed by atoms with Gasteiger partial charge in [0, 0.05) is 57.6 Å². The number of hydrogen-bond donors (Lipinski definition) is 1. The molecule has 37 heavy (non-hydrogen) atoms. The zero-order valence-corrected chi connectivity index (χ0v) is 21.3. The predicted octanol–water partition coefficient (Wildman–Crippen LogP) is 2.54. The summed E-state index contributed by atoms with van der Waals surface area (Å²) in [4.78, 5) is 32.4. The van der Waals surface area contributed by atoms with Gasteiger partial charge in [-0.2, -0.15) is 0 Å². The Kier molecular flexibility index (Phi) is 6.84. The highest BCUT2D eigenvalue weighted by Crippen LogP contribution is 2.25. The third-order valence-electron chi connectivity index (χ3n) is 6.60. The summed E-state index contributed by atoms with van der Waals surface area (Å²) in [6.07, 6.45) is 0. The molecule has 190 valence electrons. The molecule has 0 atom stereocenters. The molecule has 0 amide bonds. The van der Waals surface area contributed by atoms with Crippen molar-refractivity contribution in [3.05, 3.63) is 80.8 Å². The van der Waals surface area contributed by atoms with E-state index in [1.54, 1.807) is 18.5 Å². The second kappa shape index (κ2) is 10.4. The number of piperazine rings is 1. The number of nitrogens with zero attached hydrogens (tertiary/aromatic N) is 5. The van der Waals surface area contributed by atoms with Gasteiger partial charge in [0.25, 0.3) is 5.56 Å². The van der Waals surface area contributed by atoms with Gasteiger partial charge in [0.05, 0.1) is 0 Å². The summed E-state index contributed by atoms with van der Waals surface area (Å²) in [5.41, 5.74) is 2.02. The fourth-order valence-corrected chi connectivity index (χ4v) is 4.56. The quantitative estimate of drug-likeness (QED) is 0.426. The molecule has 3 heterocycles. The molecule has 0 saturated carbocycles. The van der Waals surface area contributed by atoms with Gasteiger partial charge < -0.3 is 19.5 Å². The summed E-state index contributed by atoms with van der Waals surface area (Å²) in [7, 11) is 1.75. The van der Waals surface area contributed by atoms with E-state index in [0.29, 0.717) is 30.1 Å². The van der Waals surface area contributed by atoms with Crippen LogP contribution in [0.1, 0.15) is 25.2 Å². The third-order valence-corrected chi connectivity index (χ3v) is 6.60. The Hall–Kier alpha value is -4.29. The second-order valence-electron chi connectivity index (χ2n) is 8.85. The van der Waals surface area contributed by atoms with Gasteiger partial charge in [0.1, 0.15) is 11.5 Å².